The lowest BCUT2D eigenvalue weighted by molar-refractivity contribution is 0.457. The third-order valence-corrected chi connectivity index (χ3v) is 3.99. The van der Waals surface area contributed by atoms with Gasteiger partial charge in [0, 0.05) is 18.8 Å². The second-order valence-corrected chi connectivity index (χ2v) is 5.44. The molecule has 0 aliphatic carbocycles. The minimum atomic E-state index is 0.771. The lowest BCUT2D eigenvalue weighted by Crippen LogP contribution is -2.33. The second kappa shape index (κ2) is 6.91. The quantitative estimate of drug-likeness (QED) is 0.766. The predicted octanol–water partition coefficient (Wildman–Crippen LogP) is 1.54. The minimum absolute atomic E-state index is 0.771. The highest BCUT2D eigenvalue weighted by molar-refractivity contribution is 7.99. The van der Waals surface area contributed by atoms with Crippen LogP contribution in [0.5, 0.6) is 0 Å². The van der Waals surface area contributed by atoms with Gasteiger partial charge in [0.05, 0.1) is 6.20 Å². The zero-order valence-corrected chi connectivity index (χ0v) is 10.5. The average Bonchev–Trinajstić information content (AvgIpc) is 2.83. The van der Waals surface area contributed by atoms with Crippen molar-refractivity contribution in [3.8, 4) is 0 Å². The van der Waals surface area contributed by atoms with Gasteiger partial charge >= 0.3 is 0 Å². The predicted molar refractivity (Wildman–Crippen MR) is 67.6 cm³/mol. The van der Waals surface area contributed by atoms with E-state index in [1.807, 2.05) is 10.9 Å². The van der Waals surface area contributed by atoms with Gasteiger partial charge in [-0.1, -0.05) is 5.21 Å². The number of nitrogens with zero attached hydrogens (tertiary/aromatic N) is 3. The molecule has 2 rings (SSSR count). The van der Waals surface area contributed by atoms with Crippen LogP contribution in [0.1, 0.15) is 25.7 Å². The zero-order valence-electron chi connectivity index (χ0n) is 9.64. The van der Waals surface area contributed by atoms with Crippen LogP contribution in [0.2, 0.25) is 0 Å². The van der Waals surface area contributed by atoms with Gasteiger partial charge in [0.15, 0.2) is 0 Å². The van der Waals surface area contributed by atoms with E-state index in [1.165, 1.54) is 37.2 Å². The fraction of sp³-hybridized carbons (Fsp3) is 0.818. The third-order valence-electron chi connectivity index (χ3n) is 2.94. The van der Waals surface area contributed by atoms with Crippen LogP contribution in [0, 0.1) is 0 Å². The maximum atomic E-state index is 3.95. The lowest BCUT2D eigenvalue weighted by Gasteiger charge is -2.22. The first-order valence-electron chi connectivity index (χ1n) is 6.10. The summed E-state index contributed by atoms with van der Waals surface area (Å²) in [6.45, 7) is 2.13. The second-order valence-electron chi connectivity index (χ2n) is 4.21. The van der Waals surface area contributed by atoms with Gasteiger partial charge in [0.1, 0.15) is 0 Å². The molecule has 4 nitrogen and oxygen atoms in total. The van der Waals surface area contributed by atoms with Crippen LogP contribution in [0.3, 0.4) is 0 Å². The summed E-state index contributed by atoms with van der Waals surface area (Å²) in [5.41, 5.74) is 0. The Kier molecular flexibility index (Phi) is 5.15. The number of unbranched alkanes of at least 4 members (excludes halogenated alkanes) is 1. The van der Waals surface area contributed by atoms with E-state index in [0.717, 1.165) is 19.1 Å². The molecule has 0 amide bonds. The van der Waals surface area contributed by atoms with Crippen LogP contribution in [0.15, 0.2) is 12.4 Å². The molecule has 2 heterocycles. The molecule has 1 aliphatic heterocycles. The largest absolute Gasteiger partial charge is 0.314 e. The van der Waals surface area contributed by atoms with Crippen LogP contribution in [-0.2, 0) is 6.54 Å². The van der Waals surface area contributed by atoms with Crippen molar-refractivity contribution >= 4 is 11.8 Å². The first-order chi connectivity index (χ1) is 7.95. The highest BCUT2D eigenvalue weighted by Gasteiger charge is 2.11. The van der Waals surface area contributed by atoms with Crippen molar-refractivity contribution in [3.63, 3.8) is 0 Å². The standard InChI is InChI=1S/C11H20N4S/c1(2-7-15-8-6-13-14-15)5-12-11-3-9-16-10-4-11/h6,8,11-12H,1-5,7,9-10H2. The first-order valence-corrected chi connectivity index (χ1v) is 7.26. The molecule has 1 aromatic heterocycles. The van der Waals surface area contributed by atoms with Gasteiger partial charge in [-0.25, -0.2) is 0 Å². The Balaban J connectivity index is 1.48. The van der Waals surface area contributed by atoms with E-state index in [9.17, 15) is 0 Å². The molecule has 0 aromatic carbocycles. The third kappa shape index (κ3) is 4.14. The van der Waals surface area contributed by atoms with Gasteiger partial charge in [0.25, 0.3) is 0 Å². The number of thioether (sulfide) groups is 1. The molecule has 0 spiro atoms. The van der Waals surface area contributed by atoms with Crippen LogP contribution < -0.4 is 5.32 Å². The van der Waals surface area contributed by atoms with Crippen molar-refractivity contribution in [2.45, 2.75) is 38.3 Å². The van der Waals surface area contributed by atoms with Gasteiger partial charge in [-0.3, -0.25) is 4.68 Å². The monoisotopic (exact) mass is 240 g/mol. The number of rotatable bonds is 6. The van der Waals surface area contributed by atoms with Crippen LogP contribution in [0.4, 0.5) is 0 Å². The fourth-order valence-electron chi connectivity index (χ4n) is 1.96. The van der Waals surface area contributed by atoms with Gasteiger partial charge < -0.3 is 5.32 Å². The van der Waals surface area contributed by atoms with E-state index in [2.05, 4.69) is 27.4 Å². The van der Waals surface area contributed by atoms with Crippen molar-refractivity contribution in [2.24, 2.45) is 0 Å². The van der Waals surface area contributed by atoms with E-state index >= 15 is 0 Å². The molecule has 5 heteroatoms. The highest BCUT2D eigenvalue weighted by Crippen LogP contribution is 2.16. The van der Waals surface area contributed by atoms with E-state index in [0.29, 0.717) is 0 Å². The van der Waals surface area contributed by atoms with Crippen molar-refractivity contribution in [3.05, 3.63) is 12.4 Å². The SMILES string of the molecule is c1cn(CCCCNC2CCSCC2)nn1. The van der Waals surface area contributed by atoms with E-state index < -0.39 is 0 Å². The number of hydrogen-bond acceptors (Lipinski definition) is 4. The Hall–Kier alpha value is -0.550. The average molecular weight is 240 g/mol. The Labute approximate surface area is 101 Å². The van der Waals surface area contributed by atoms with Crippen molar-refractivity contribution in [1.82, 2.24) is 20.3 Å². The molecule has 1 fully saturated rings. The molecule has 16 heavy (non-hydrogen) atoms. The zero-order chi connectivity index (χ0) is 11.1. The van der Waals surface area contributed by atoms with Gasteiger partial charge in [-0.2, -0.15) is 11.8 Å². The molecule has 0 saturated carbocycles. The van der Waals surface area contributed by atoms with Crippen molar-refractivity contribution in [1.29, 1.82) is 0 Å². The summed E-state index contributed by atoms with van der Waals surface area (Å²) in [6, 6.07) is 0.771. The molecular weight excluding hydrogens is 220 g/mol. The molecule has 0 radical (unpaired) electrons. The number of nitrogens with one attached hydrogen (secondary N) is 1. The maximum Gasteiger partial charge on any atom is 0.0692 e. The Bertz CT molecular complexity index is 270. The number of aryl methyl sites for hydroxylation is 1. The van der Waals surface area contributed by atoms with Gasteiger partial charge in [-0.15, -0.1) is 5.10 Å². The number of hydrogen-bond donors (Lipinski definition) is 1. The summed E-state index contributed by atoms with van der Waals surface area (Å²) in [5, 5.41) is 11.4. The van der Waals surface area contributed by atoms with Crippen molar-refractivity contribution in [2.75, 3.05) is 18.1 Å². The molecule has 0 atom stereocenters. The van der Waals surface area contributed by atoms with Gasteiger partial charge in [0.2, 0.25) is 0 Å². The summed E-state index contributed by atoms with van der Waals surface area (Å²) < 4.78 is 1.90. The molecule has 90 valence electrons. The molecule has 0 bridgehead atoms. The van der Waals surface area contributed by atoms with E-state index in [-0.39, 0.29) is 0 Å². The van der Waals surface area contributed by atoms with E-state index in [1.54, 1.807) is 6.20 Å². The number of aromatic nitrogens is 3. The highest BCUT2D eigenvalue weighted by atomic mass is 32.2. The Morgan fingerprint density at radius 1 is 1.31 bits per heavy atom. The first kappa shape index (κ1) is 11.9. The summed E-state index contributed by atoms with van der Waals surface area (Å²) in [6.07, 6.45) is 8.74. The lowest BCUT2D eigenvalue weighted by atomic mass is 10.1. The molecule has 1 aromatic rings. The fourth-order valence-corrected chi connectivity index (χ4v) is 3.07. The minimum Gasteiger partial charge on any atom is -0.314 e. The Morgan fingerprint density at radius 2 is 2.19 bits per heavy atom. The summed E-state index contributed by atoms with van der Waals surface area (Å²) in [5.74, 6) is 2.66. The summed E-state index contributed by atoms with van der Waals surface area (Å²) >= 11 is 2.08. The smallest absolute Gasteiger partial charge is 0.0692 e. The topological polar surface area (TPSA) is 42.7 Å². The molecule has 1 N–H and O–H groups in total. The molecule has 0 unspecified atom stereocenters. The Morgan fingerprint density at radius 3 is 2.94 bits per heavy atom. The van der Waals surface area contributed by atoms with Gasteiger partial charge in [-0.05, 0) is 43.7 Å². The summed E-state index contributed by atoms with van der Waals surface area (Å²) in [4.78, 5) is 0. The molecular formula is C11H20N4S. The normalized spacial score (nSPS) is 17.8. The van der Waals surface area contributed by atoms with Crippen LogP contribution in [-0.4, -0.2) is 39.1 Å². The molecule has 1 saturated heterocycles. The maximum absolute atomic E-state index is 3.95. The van der Waals surface area contributed by atoms with Crippen LogP contribution in [0.25, 0.3) is 0 Å². The summed E-state index contributed by atoms with van der Waals surface area (Å²) in [7, 11) is 0. The van der Waals surface area contributed by atoms with Crippen LogP contribution >= 0.6 is 11.8 Å². The van der Waals surface area contributed by atoms with E-state index in [4.69, 9.17) is 0 Å². The molecule has 1 aliphatic rings. The van der Waals surface area contributed by atoms with Crippen molar-refractivity contribution < 1.29 is 0 Å².